The Morgan fingerprint density at radius 2 is 0.717 bits per heavy atom. The lowest BCUT2D eigenvalue weighted by atomic mass is 9.93. The highest BCUT2D eigenvalue weighted by Crippen LogP contribution is 2.42. The minimum atomic E-state index is 0.803. The zero-order valence-electron chi connectivity index (χ0n) is 26.4. The first-order valence-corrected chi connectivity index (χ1v) is 15.0. The zero-order chi connectivity index (χ0) is 31.9. The van der Waals surface area contributed by atoms with E-state index in [-0.39, 0.29) is 0 Å². The molecule has 0 spiro atoms. The second kappa shape index (κ2) is 13.8. The number of methoxy groups -OCH3 is 4. The summed E-state index contributed by atoms with van der Waals surface area (Å²) in [6.45, 7) is 0. The molecule has 0 saturated carbocycles. The summed E-state index contributed by atoms with van der Waals surface area (Å²) in [7, 11) is 6.71. The maximum absolute atomic E-state index is 5.47. The first kappa shape index (κ1) is 30.2. The van der Waals surface area contributed by atoms with E-state index in [1.165, 1.54) is 0 Å². The van der Waals surface area contributed by atoms with E-state index in [0.717, 1.165) is 73.7 Å². The predicted octanol–water partition coefficient (Wildman–Crippen LogP) is 10.3. The first-order valence-electron chi connectivity index (χ1n) is 15.0. The number of ether oxygens (including phenoxy) is 4. The summed E-state index contributed by atoms with van der Waals surface area (Å²) >= 11 is 0. The summed E-state index contributed by atoms with van der Waals surface area (Å²) in [6, 6.07) is 47.4. The molecule has 1 N–H and O–H groups in total. The summed E-state index contributed by atoms with van der Waals surface area (Å²) in [5.74, 6) is 3.25. The Morgan fingerprint density at radius 1 is 0.370 bits per heavy atom. The number of nitrogens with one attached hydrogen (secondary N) is 1. The molecule has 0 bridgehead atoms. The van der Waals surface area contributed by atoms with Crippen LogP contribution in [0.15, 0.2) is 140 Å². The molecular weight excluding hydrogens is 572 g/mol. The Bertz CT molecular complexity index is 1820. The molecule has 0 saturated heterocycles. The van der Waals surface area contributed by atoms with Crippen molar-refractivity contribution in [2.24, 2.45) is 0 Å². The Labute approximate surface area is 270 Å². The molecule has 0 unspecified atom stereocenters. The molecule has 0 atom stereocenters. The molecule has 0 aliphatic heterocycles. The molecule has 6 rings (SSSR count). The fourth-order valence-corrected chi connectivity index (χ4v) is 5.42. The van der Waals surface area contributed by atoms with Gasteiger partial charge in [0, 0.05) is 28.4 Å². The van der Waals surface area contributed by atoms with E-state index >= 15 is 0 Å². The maximum Gasteiger partial charge on any atom is 0.119 e. The minimum Gasteiger partial charge on any atom is -0.497 e. The summed E-state index contributed by atoms with van der Waals surface area (Å²) in [5.41, 5.74) is 9.44. The second-order valence-corrected chi connectivity index (χ2v) is 10.6. The average Bonchev–Trinajstić information content (AvgIpc) is 3.13. The van der Waals surface area contributed by atoms with Gasteiger partial charge in [0.2, 0.25) is 0 Å². The smallest absolute Gasteiger partial charge is 0.119 e. The maximum atomic E-state index is 5.47. The van der Waals surface area contributed by atoms with Crippen molar-refractivity contribution in [1.82, 2.24) is 0 Å². The zero-order valence-corrected chi connectivity index (χ0v) is 26.4. The van der Waals surface area contributed by atoms with Crippen molar-refractivity contribution >= 4 is 28.4 Å². The van der Waals surface area contributed by atoms with Gasteiger partial charge in [-0.3, -0.25) is 0 Å². The van der Waals surface area contributed by atoms with Crippen LogP contribution in [0, 0.1) is 0 Å². The van der Waals surface area contributed by atoms with E-state index in [9.17, 15) is 0 Å². The van der Waals surface area contributed by atoms with Crippen molar-refractivity contribution in [3.05, 3.63) is 140 Å². The van der Waals surface area contributed by atoms with Crippen LogP contribution in [0.25, 0.3) is 22.3 Å². The predicted molar refractivity (Wildman–Crippen MR) is 188 cm³/mol. The molecule has 0 aliphatic rings. The normalized spacial score (nSPS) is 10.6. The third-order valence-corrected chi connectivity index (χ3v) is 7.90. The number of hydrogen-bond donors (Lipinski definition) is 1. The van der Waals surface area contributed by atoms with Gasteiger partial charge in [-0.25, -0.2) is 0 Å². The van der Waals surface area contributed by atoms with Gasteiger partial charge in [-0.05, 0) is 131 Å². The van der Waals surface area contributed by atoms with Crippen LogP contribution in [0.4, 0.5) is 28.4 Å². The molecular formula is C40H36N2O4. The van der Waals surface area contributed by atoms with Crippen LogP contribution in [-0.4, -0.2) is 28.4 Å². The topological polar surface area (TPSA) is 52.2 Å². The summed E-state index contributed by atoms with van der Waals surface area (Å²) < 4.78 is 21.7. The van der Waals surface area contributed by atoms with Gasteiger partial charge >= 0.3 is 0 Å². The number of hydrogen-bond acceptors (Lipinski definition) is 6. The third kappa shape index (κ3) is 6.61. The molecule has 6 heteroatoms. The SMILES string of the molecule is COc1ccc(Nc2ccc(-c3ccc(N(c4ccc(OC)cc4)c4ccc(OC)cc4)cc3-c3ccc(OC)cc3)cc2)cc1. The Morgan fingerprint density at radius 3 is 1.17 bits per heavy atom. The van der Waals surface area contributed by atoms with Gasteiger partial charge in [0.05, 0.1) is 28.4 Å². The van der Waals surface area contributed by atoms with Crippen LogP contribution in [0.3, 0.4) is 0 Å². The van der Waals surface area contributed by atoms with Crippen LogP contribution in [0.1, 0.15) is 0 Å². The monoisotopic (exact) mass is 608 g/mol. The molecule has 46 heavy (non-hydrogen) atoms. The van der Waals surface area contributed by atoms with Crippen LogP contribution >= 0.6 is 0 Å². The van der Waals surface area contributed by atoms with Crippen LogP contribution < -0.4 is 29.2 Å². The van der Waals surface area contributed by atoms with Crippen molar-refractivity contribution in [1.29, 1.82) is 0 Å². The Hall–Kier alpha value is -5.88. The van der Waals surface area contributed by atoms with E-state index in [1.54, 1.807) is 28.4 Å². The molecule has 230 valence electrons. The highest BCUT2D eigenvalue weighted by Gasteiger charge is 2.17. The van der Waals surface area contributed by atoms with E-state index in [1.807, 2.05) is 60.7 Å². The van der Waals surface area contributed by atoms with Gasteiger partial charge in [0.15, 0.2) is 0 Å². The fraction of sp³-hybridized carbons (Fsp3) is 0.100. The highest BCUT2D eigenvalue weighted by atomic mass is 16.5. The van der Waals surface area contributed by atoms with Crippen LogP contribution in [0.2, 0.25) is 0 Å². The van der Waals surface area contributed by atoms with Crippen LogP contribution in [0.5, 0.6) is 23.0 Å². The van der Waals surface area contributed by atoms with Gasteiger partial charge in [-0.15, -0.1) is 0 Å². The van der Waals surface area contributed by atoms with E-state index in [2.05, 4.69) is 89.1 Å². The number of benzene rings is 6. The molecule has 0 amide bonds. The van der Waals surface area contributed by atoms with Crippen molar-refractivity contribution in [2.75, 3.05) is 38.7 Å². The van der Waals surface area contributed by atoms with Gasteiger partial charge in [0.25, 0.3) is 0 Å². The lowest BCUT2D eigenvalue weighted by molar-refractivity contribution is 0.414. The standard InChI is InChI=1S/C40H36N2O4/c1-43-35-18-7-29(8-19-35)40-27-34(42(32-13-22-37(45-3)23-14-32)33-15-24-38(46-4)25-16-33)17-26-39(40)28-5-9-30(10-6-28)41-31-11-20-36(44-2)21-12-31/h5-27,41H,1-4H3. The lowest BCUT2D eigenvalue weighted by Gasteiger charge is -2.27. The first-order chi connectivity index (χ1) is 22.6. The van der Waals surface area contributed by atoms with Gasteiger partial charge in [-0.2, -0.15) is 0 Å². The molecule has 6 nitrogen and oxygen atoms in total. The highest BCUT2D eigenvalue weighted by molar-refractivity contribution is 5.89. The largest absolute Gasteiger partial charge is 0.497 e. The molecule has 0 aliphatic carbocycles. The summed E-state index contributed by atoms with van der Waals surface area (Å²) in [6.07, 6.45) is 0. The van der Waals surface area contributed by atoms with Crippen molar-refractivity contribution in [3.63, 3.8) is 0 Å². The van der Waals surface area contributed by atoms with Crippen molar-refractivity contribution < 1.29 is 18.9 Å². The average molecular weight is 609 g/mol. The summed E-state index contributed by atoms with van der Waals surface area (Å²) in [4.78, 5) is 2.23. The molecule has 0 heterocycles. The quantitative estimate of drug-likeness (QED) is 0.158. The number of rotatable bonds is 11. The Balaban J connectivity index is 1.42. The van der Waals surface area contributed by atoms with E-state index < -0.39 is 0 Å². The van der Waals surface area contributed by atoms with E-state index in [4.69, 9.17) is 18.9 Å². The molecule has 0 radical (unpaired) electrons. The fourth-order valence-electron chi connectivity index (χ4n) is 5.42. The summed E-state index contributed by atoms with van der Waals surface area (Å²) in [5, 5.41) is 3.48. The van der Waals surface area contributed by atoms with Gasteiger partial charge < -0.3 is 29.2 Å². The van der Waals surface area contributed by atoms with Crippen molar-refractivity contribution in [2.45, 2.75) is 0 Å². The molecule has 6 aromatic rings. The van der Waals surface area contributed by atoms with Gasteiger partial charge in [0.1, 0.15) is 23.0 Å². The number of nitrogens with zero attached hydrogens (tertiary/aromatic N) is 1. The second-order valence-electron chi connectivity index (χ2n) is 10.6. The molecule has 0 fully saturated rings. The number of anilines is 5. The van der Waals surface area contributed by atoms with Crippen molar-refractivity contribution in [3.8, 4) is 45.3 Å². The van der Waals surface area contributed by atoms with Gasteiger partial charge in [-0.1, -0.05) is 30.3 Å². The van der Waals surface area contributed by atoms with E-state index in [0.29, 0.717) is 0 Å². The molecule has 0 aromatic heterocycles. The third-order valence-electron chi connectivity index (χ3n) is 7.90. The molecule has 6 aromatic carbocycles. The lowest BCUT2D eigenvalue weighted by Crippen LogP contribution is -2.10. The van der Waals surface area contributed by atoms with Crippen LogP contribution in [-0.2, 0) is 0 Å². The Kier molecular flexibility index (Phi) is 9.07. The minimum absolute atomic E-state index is 0.803.